The van der Waals surface area contributed by atoms with Crippen molar-refractivity contribution >= 4 is 13.3 Å². The molecule has 0 aromatic heterocycles. The summed E-state index contributed by atoms with van der Waals surface area (Å²) in [5.74, 6) is 0.296. The highest BCUT2D eigenvalue weighted by Gasteiger charge is 2.15. The molecule has 0 aliphatic heterocycles. The molecular formula is C22H23BO. The van der Waals surface area contributed by atoms with Crippen LogP contribution in [0.1, 0.15) is 26.3 Å². The van der Waals surface area contributed by atoms with Gasteiger partial charge in [0.25, 0.3) is 0 Å². The summed E-state index contributed by atoms with van der Waals surface area (Å²) < 4.78 is 0. The van der Waals surface area contributed by atoms with Gasteiger partial charge in [0.05, 0.1) is 0 Å². The van der Waals surface area contributed by atoms with Crippen LogP contribution in [0, 0.1) is 0 Å². The summed E-state index contributed by atoms with van der Waals surface area (Å²) in [5, 5.41) is 9.42. The molecule has 0 aliphatic rings. The van der Waals surface area contributed by atoms with E-state index >= 15 is 0 Å². The van der Waals surface area contributed by atoms with Crippen LogP contribution in [0.15, 0.2) is 66.7 Å². The van der Waals surface area contributed by atoms with E-state index in [-0.39, 0.29) is 5.41 Å². The maximum absolute atomic E-state index is 9.42. The van der Waals surface area contributed by atoms with Crippen molar-refractivity contribution in [2.45, 2.75) is 26.2 Å². The van der Waals surface area contributed by atoms with Crippen LogP contribution in [0.5, 0.6) is 5.75 Å². The van der Waals surface area contributed by atoms with E-state index < -0.39 is 0 Å². The number of hydrogen-bond acceptors (Lipinski definition) is 1. The van der Waals surface area contributed by atoms with Crippen molar-refractivity contribution < 1.29 is 5.11 Å². The van der Waals surface area contributed by atoms with E-state index in [2.05, 4.69) is 71.1 Å². The van der Waals surface area contributed by atoms with E-state index in [0.29, 0.717) is 5.75 Å². The lowest BCUT2D eigenvalue weighted by Crippen LogP contribution is -2.15. The SMILES string of the molecule is Bc1ccc(C(C)(C)C)cc1-c1ccc(-c2ccc(O)cc2)cc1. The Labute approximate surface area is 145 Å². The molecule has 0 unspecified atom stereocenters. The van der Waals surface area contributed by atoms with Crippen LogP contribution >= 0.6 is 0 Å². The van der Waals surface area contributed by atoms with Crippen LogP contribution in [-0.2, 0) is 5.41 Å². The van der Waals surface area contributed by atoms with Gasteiger partial charge in [0.1, 0.15) is 13.6 Å². The molecule has 0 atom stereocenters. The molecule has 2 heteroatoms. The van der Waals surface area contributed by atoms with Crippen molar-refractivity contribution in [3.05, 3.63) is 72.3 Å². The zero-order chi connectivity index (χ0) is 17.3. The van der Waals surface area contributed by atoms with E-state index in [4.69, 9.17) is 0 Å². The molecule has 3 rings (SSSR count). The van der Waals surface area contributed by atoms with Crippen molar-refractivity contribution in [1.29, 1.82) is 0 Å². The first-order chi connectivity index (χ1) is 11.3. The molecule has 0 spiro atoms. The molecule has 0 radical (unpaired) electrons. The van der Waals surface area contributed by atoms with E-state index in [1.165, 1.54) is 22.2 Å². The van der Waals surface area contributed by atoms with E-state index in [1.807, 2.05) is 12.1 Å². The molecule has 0 aliphatic carbocycles. The van der Waals surface area contributed by atoms with Gasteiger partial charge in [-0.25, -0.2) is 0 Å². The fraction of sp³-hybridized carbons (Fsp3) is 0.182. The highest BCUT2D eigenvalue weighted by molar-refractivity contribution is 6.36. The molecule has 0 heterocycles. The predicted octanol–water partition coefficient (Wildman–Crippen LogP) is 4.28. The molecule has 3 aromatic rings. The molecule has 24 heavy (non-hydrogen) atoms. The van der Waals surface area contributed by atoms with Gasteiger partial charge in [-0.1, -0.05) is 80.8 Å². The lowest BCUT2D eigenvalue weighted by atomic mass is 9.80. The number of hydrogen-bond donors (Lipinski definition) is 1. The molecular weight excluding hydrogens is 291 g/mol. The van der Waals surface area contributed by atoms with Gasteiger partial charge in [0.15, 0.2) is 0 Å². The van der Waals surface area contributed by atoms with Crippen LogP contribution in [0.3, 0.4) is 0 Å². The Morgan fingerprint density at radius 3 is 1.75 bits per heavy atom. The van der Waals surface area contributed by atoms with Crippen LogP contribution in [-0.4, -0.2) is 13.0 Å². The fourth-order valence-corrected chi connectivity index (χ4v) is 2.90. The second-order valence-corrected chi connectivity index (χ2v) is 7.40. The van der Waals surface area contributed by atoms with Crippen LogP contribution in [0.2, 0.25) is 0 Å². The van der Waals surface area contributed by atoms with Gasteiger partial charge in [-0.3, -0.25) is 0 Å². The highest BCUT2D eigenvalue weighted by atomic mass is 16.3. The van der Waals surface area contributed by atoms with Gasteiger partial charge in [0.2, 0.25) is 0 Å². The van der Waals surface area contributed by atoms with Gasteiger partial charge < -0.3 is 5.11 Å². The van der Waals surface area contributed by atoms with Gasteiger partial charge in [-0.15, -0.1) is 0 Å². The summed E-state index contributed by atoms with van der Waals surface area (Å²) >= 11 is 0. The molecule has 1 nitrogen and oxygen atoms in total. The van der Waals surface area contributed by atoms with E-state index in [0.717, 1.165) is 11.1 Å². The Balaban J connectivity index is 1.98. The Bertz CT molecular complexity index is 841. The number of benzene rings is 3. The van der Waals surface area contributed by atoms with Crippen LogP contribution in [0.4, 0.5) is 0 Å². The third kappa shape index (κ3) is 3.38. The van der Waals surface area contributed by atoms with E-state index in [1.54, 1.807) is 12.1 Å². The van der Waals surface area contributed by atoms with E-state index in [9.17, 15) is 5.11 Å². The van der Waals surface area contributed by atoms with Crippen LogP contribution < -0.4 is 5.46 Å². The molecule has 3 aromatic carbocycles. The Morgan fingerprint density at radius 1 is 0.708 bits per heavy atom. The maximum Gasteiger partial charge on any atom is 0.140 e. The smallest absolute Gasteiger partial charge is 0.140 e. The minimum atomic E-state index is 0.147. The Kier molecular flexibility index (Phi) is 4.23. The van der Waals surface area contributed by atoms with Crippen molar-refractivity contribution in [2.75, 3.05) is 0 Å². The Hall–Kier alpha value is -2.48. The summed E-state index contributed by atoms with van der Waals surface area (Å²) in [6, 6.07) is 22.7. The zero-order valence-corrected chi connectivity index (χ0v) is 14.8. The van der Waals surface area contributed by atoms with Crippen molar-refractivity contribution in [1.82, 2.24) is 0 Å². The summed E-state index contributed by atoms with van der Waals surface area (Å²) in [6.07, 6.45) is 0. The lowest BCUT2D eigenvalue weighted by Gasteiger charge is -2.21. The minimum absolute atomic E-state index is 0.147. The van der Waals surface area contributed by atoms with Gasteiger partial charge in [-0.05, 0) is 45.4 Å². The molecule has 0 bridgehead atoms. The monoisotopic (exact) mass is 314 g/mol. The average molecular weight is 314 g/mol. The largest absolute Gasteiger partial charge is 0.508 e. The van der Waals surface area contributed by atoms with Crippen molar-refractivity contribution in [3.63, 3.8) is 0 Å². The second kappa shape index (κ2) is 6.20. The first-order valence-corrected chi connectivity index (χ1v) is 8.35. The number of aromatic hydroxyl groups is 1. The average Bonchev–Trinajstić information content (AvgIpc) is 2.55. The standard InChI is InChI=1S/C22H23BO/c1-22(2,3)18-10-13-21(23)20(14-18)17-6-4-15(5-7-17)16-8-11-19(24)12-9-16/h4-14,24H,23H2,1-3H3. The molecule has 120 valence electrons. The van der Waals surface area contributed by atoms with Crippen LogP contribution in [0.25, 0.3) is 22.3 Å². The summed E-state index contributed by atoms with van der Waals surface area (Å²) in [6.45, 7) is 6.74. The highest BCUT2D eigenvalue weighted by Crippen LogP contribution is 2.28. The first kappa shape index (κ1) is 16.4. The lowest BCUT2D eigenvalue weighted by molar-refractivity contribution is 0.475. The quantitative estimate of drug-likeness (QED) is 0.700. The Morgan fingerprint density at radius 2 is 1.21 bits per heavy atom. The minimum Gasteiger partial charge on any atom is -0.508 e. The zero-order valence-electron chi connectivity index (χ0n) is 14.8. The summed E-state index contributed by atoms with van der Waals surface area (Å²) in [7, 11) is 2.16. The molecule has 0 fully saturated rings. The summed E-state index contributed by atoms with van der Waals surface area (Å²) in [4.78, 5) is 0. The topological polar surface area (TPSA) is 20.2 Å². The van der Waals surface area contributed by atoms with Crippen molar-refractivity contribution in [3.8, 4) is 28.0 Å². The predicted molar refractivity (Wildman–Crippen MR) is 106 cm³/mol. The number of phenols is 1. The van der Waals surface area contributed by atoms with Gasteiger partial charge in [-0.2, -0.15) is 0 Å². The molecule has 0 saturated carbocycles. The molecule has 1 N–H and O–H groups in total. The van der Waals surface area contributed by atoms with Gasteiger partial charge in [0, 0.05) is 0 Å². The molecule has 0 saturated heterocycles. The maximum atomic E-state index is 9.42. The fourth-order valence-electron chi connectivity index (χ4n) is 2.90. The normalized spacial score (nSPS) is 11.5. The third-order valence-corrected chi connectivity index (χ3v) is 4.50. The molecule has 0 amide bonds. The van der Waals surface area contributed by atoms with Gasteiger partial charge >= 0.3 is 0 Å². The first-order valence-electron chi connectivity index (χ1n) is 8.35. The third-order valence-electron chi connectivity index (χ3n) is 4.50. The number of rotatable bonds is 2. The summed E-state index contributed by atoms with van der Waals surface area (Å²) in [5.41, 5.74) is 7.59. The second-order valence-electron chi connectivity index (χ2n) is 7.40. The van der Waals surface area contributed by atoms with Crippen molar-refractivity contribution in [2.24, 2.45) is 0 Å². The number of phenolic OH excluding ortho intramolecular Hbond substituents is 1.